The zero-order valence-electron chi connectivity index (χ0n) is 11.0. The van der Waals surface area contributed by atoms with E-state index in [0.717, 1.165) is 5.69 Å². The lowest BCUT2D eigenvalue weighted by Crippen LogP contribution is -2.14. The average molecular weight is 274 g/mol. The van der Waals surface area contributed by atoms with Gasteiger partial charge in [-0.3, -0.25) is 4.79 Å². The molecule has 0 spiro atoms. The van der Waals surface area contributed by atoms with Crippen molar-refractivity contribution in [3.63, 3.8) is 0 Å². The van der Waals surface area contributed by atoms with Crippen LogP contribution in [0.15, 0.2) is 42.5 Å². The van der Waals surface area contributed by atoms with Gasteiger partial charge in [-0.1, -0.05) is 6.07 Å². The molecule has 0 saturated carbocycles. The maximum atomic E-state index is 13.0. The van der Waals surface area contributed by atoms with Gasteiger partial charge in [-0.15, -0.1) is 0 Å². The van der Waals surface area contributed by atoms with Crippen molar-refractivity contribution in [3.05, 3.63) is 53.8 Å². The molecule has 2 aromatic rings. The minimum absolute atomic E-state index is 0.0303. The number of hydrogen-bond donors (Lipinski definition) is 2. The van der Waals surface area contributed by atoms with Gasteiger partial charge in [-0.2, -0.15) is 0 Å². The van der Waals surface area contributed by atoms with Crippen LogP contribution < -0.4 is 15.8 Å². The number of benzene rings is 2. The molecule has 5 heteroatoms. The number of nitrogens with two attached hydrogens (primary N) is 1. The second kappa shape index (κ2) is 6.06. The Bertz CT molecular complexity index is 629. The number of carbonyl (C=O) groups excluding carboxylic acids is 1. The van der Waals surface area contributed by atoms with Crippen molar-refractivity contribution in [1.29, 1.82) is 0 Å². The van der Waals surface area contributed by atoms with E-state index < -0.39 is 5.82 Å². The molecule has 0 fully saturated rings. The van der Waals surface area contributed by atoms with Gasteiger partial charge in [0.05, 0.1) is 19.3 Å². The predicted molar refractivity (Wildman–Crippen MR) is 76.6 cm³/mol. The quantitative estimate of drug-likeness (QED) is 0.650. The van der Waals surface area contributed by atoms with E-state index in [9.17, 15) is 9.18 Å². The third-order valence-electron chi connectivity index (χ3n) is 2.84. The first kappa shape index (κ1) is 13.9. The molecule has 0 aliphatic rings. The third-order valence-corrected chi connectivity index (χ3v) is 2.84. The smallest absolute Gasteiger partial charge is 0.181 e. The Morgan fingerprint density at radius 2 is 2.10 bits per heavy atom. The summed E-state index contributed by atoms with van der Waals surface area (Å²) in [7, 11) is 1.57. The lowest BCUT2D eigenvalue weighted by Gasteiger charge is -2.08. The van der Waals surface area contributed by atoms with Crippen molar-refractivity contribution in [2.24, 2.45) is 0 Å². The molecule has 2 aromatic carbocycles. The molecule has 0 saturated heterocycles. The zero-order valence-corrected chi connectivity index (χ0v) is 11.0. The summed E-state index contributed by atoms with van der Waals surface area (Å²) in [6.45, 7) is 0.0955. The molecule has 4 nitrogen and oxygen atoms in total. The number of halogens is 1. The first-order chi connectivity index (χ1) is 9.60. The molecule has 0 amide bonds. The molecule has 0 aromatic heterocycles. The number of ether oxygens (including phenoxy) is 1. The summed E-state index contributed by atoms with van der Waals surface area (Å²) in [6.07, 6.45) is 0. The fraction of sp³-hybridized carbons (Fsp3) is 0.133. The van der Waals surface area contributed by atoms with Crippen LogP contribution in [0.4, 0.5) is 15.8 Å². The Labute approximate surface area is 116 Å². The van der Waals surface area contributed by atoms with E-state index in [2.05, 4.69) is 5.32 Å². The molecule has 104 valence electrons. The van der Waals surface area contributed by atoms with Crippen LogP contribution in [-0.4, -0.2) is 19.4 Å². The SMILES string of the molecule is COc1cccc(NCC(=O)c2ccc(F)c(N)c2)c1. The van der Waals surface area contributed by atoms with Gasteiger partial charge in [0.1, 0.15) is 11.6 Å². The largest absolute Gasteiger partial charge is 0.497 e. The van der Waals surface area contributed by atoms with E-state index in [1.807, 2.05) is 18.2 Å². The molecule has 0 bridgehead atoms. The highest BCUT2D eigenvalue weighted by atomic mass is 19.1. The highest BCUT2D eigenvalue weighted by Crippen LogP contribution is 2.17. The van der Waals surface area contributed by atoms with Gasteiger partial charge >= 0.3 is 0 Å². The van der Waals surface area contributed by atoms with Gasteiger partial charge in [0.25, 0.3) is 0 Å². The topological polar surface area (TPSA) is 64.3 Å². The van der Waals surface area contributed by atoms with Crippen LogP contribution in [0.5, 0.6) is 5.75 Å². The third kappa shape index (κ3) is 3.26. The second-order valence-corrected chi connectivity index (χ2v) is 4.24. The van der Waals surface area contributed by atoms with Gasteiger partial charge in [0.15, 0.2) is 5.78 Å². The first-order valence-corrected chi connectivity index (χ1v) is 6.06. The van der Waals surface area contributed by atoms with E-state index in [4.69, 9.17) is 10.5 Å². The molecule has 2 rings (SSSR count). The summed E-state index contributed by atoms with van der Waals surface area (Å²) >= 11 is 0. The lowest BCUT2D eigenvalue weighted by atomic mass is 10.1. The van der Waals surface area contributed by atoms with Crippen molar-refractivity contribution in [3.8, 4) is 5.75 Å². The summed E-state index contributed by atoms with van der Waals surface area (Å²) < 4.78 is 18.1. The van der Waals surface area contributed by atoms with Crippen LogP contribution in [0.1, 0.15) is 10.4 Å². The fourth-order valence-electron chi connectivity index (χ4n) is 1.73. The monoisotopic (exact) mass is 274 g/mol. The number of carbonyl (C=O) groups is 1. The highest BCUT2D eigenvalue weighted by molar-refractivity contribution is 5.99. The van der Waals surface area contributed by atoms with Crippen LogP contribution in [-0.2, 0) is 0 Å². The van der Waals surface area contributed by atoms with Gasteiger partial charge in [-0.05, 0) is 30.3 Å². The highest BCUT2D eigenvalue weighted by Gasteiger charge is 2.08. The Morgan fingerprint density at radius 1 is 1.30 bits per heavy atom. The van der Waals surface area contributed by atoms with Crippen LogP contribution in [0.25, 0.3) is 0 Å². The lowest BCUT2D eigenvalue weighted by molar-refractivity contribution is 0.101. The van der Waals surface area contributed by atoms with Crippen molar-refractivity contribution < 1.29 is 13.9 Å². The first-order valence-electron chi connectivity index (χ1n) is 6.06. The van der Waals surface area contributed by atoms with Crippen LogP contribution in [0, 0.1) is 5.82 Å². The number of methoxy groups -OCH3 is 1. The number of nitrogen functional groups attached to an aromatic ring is 1. The van der Waals surface area contributed by atoms with E-state index in [-0.39, 0.29) is 18.0 Å². The Hall–Kier alpha value is -2.56. The van der Waals surface area contributed by atoms with Crippen molar-refractivity contribution in [2.75, 3.05) is 24.7 Å². The van der Waals surface area contributed by atoms with E-state index in [1.165, 1.54) is 18.2 Å². The van der Waals surface area contributed by atoms with Crippen LogP contribution in [0.3, 0.4) is 0 Å². The maximum absolute atomic E-state index is 13.0. The summed E-state index contributed by atoms with van der Waals surface area (Å²) in [5, 5.41) is 2.99. The molecule has 0 aliphatic heterocycles. The Kier molecular flexibility index (Phi) is 4.20. The average Bonchev–Trinajstić information content (AvgIpc) is 2.47. The number of nitrogens with one attached hydrogen (secondary N) is 1. The standard InChI is InChI=1S/C15H15FN2O2/c1-20-12-4-2-3-11(8-12)18-9-15(19)10-5-6-13(16)14(17)7-10/h2-8,18H,9,17H2,1H3. The Balaban J connectivity index is 2.02. The van der Waals surface area contributed by atoms with Crippen molar-refractivity contribution in [2.45, 2.75) is 0 Å². The molecule has 0 heterocycles. The summed E-state index contributed by atoms with van der Waals surface area (Å²) in [5.41, 5.74) is 6.55. The summed E-state index contributed by atoms with van der Waals surface area (Å²) in [6, 6.07) is 11.2. The molecule has 0 unspecified atom stereocenters. The van der Waals surface area contributed by atoms with Crippen molar-refractivity contribution >= 4 is 17.2 Å². The molecule has 0 atom stereocenters. The summed E-state index contributed by atoms with van der Waals surface area (Å²) in [4.78, 5) is 12.0. The molecule has 0 radical (unpaired) electrons. The number of anilines is 2. The second-order valence-electron chi connectivity index (χ2n) is 4.24. The molecular formula is C15H15FN2O2. The number of hydrogen-bond acceptors (Lipinski definition) is 4. The van der Waals surface area contributed by atoms with Gasteiger partial charge in [0, 0.05) is 17.3 Å². The van der Waals surface area contributed by atoms with E-state index in [1.54, 1.807) is 13.2 Å². The van der Waals surface area contributed by atoms with Gasteiger partial charge < -0.3 is 15.8 Å². The van der Waals surface area contributed by atoms with E-state index >= 15 is 0 Å². The maximum Gasteiger partial charge on any atom is 0.181 e. The Morgan fingerprint density at radius 3 is 2.80 bits per heavy atom. The predicted octanol–water partition coefficient (Wildman–Crippen LogP) is 2.71. The number of rotatable bonds is 5. The van der Waals surface area contributed by atoms with Crippen LogP contribution >= 0.6 is 0 Å². The van der Waals surface area contributed by atoms with Gasteiger partial charge in [-0.25, -0.2) is 4.39 Å². The normalized spacial score (nSPS) is 10.1. The minimum atomic E-state index is -0.526. The van der Waals surface area contributed by atoms with Gasteiger partial charge in [0.2, 0.25) is 0 Å². The molecule has 3 N–H and O–H groups in total. The fourth-order valence-corrected chi connectivity index (χ4v) is 1.73. The molecule has 0 aliphatic carbocycles. The number of Topliss-reactive ketones (excluding diaryl/α,β-unsaturated/α-hetero) is 1. The minimum Gasteiger partial charge on any atom is -0.497 e. The number of ketones is 1. The van der Waals surface area contributed by atoms with E-state index in [0.29, 0.717) is 11.3 Å². The zero-order chi connectivity index (χ0) is 14.5. The molecule has 20 heavy (non-hydrogen) atoms. The summed E-state index contributed by atoms with van der Waals surface area (Å²) in [5.74, 6) is 0.00954. The molecular weight excluding hydrogens is 259 g/mol. The van der Waals surface area contributed by atoms with Crippen LogP contribution in [0.2, 0.25) is 0 Å². The van der Waals surface area contributed by atoms with Crippen molar-refractivity contribution in [1.82, 2.24) is 0 Å².